The Kier molecular flexibility index (Phi) is 11.5. The van der Waals surface area contributed by atoms with Crippen molar-refractivity contribution in [1.29, 1.82) is 0 Å². The van der Waals surface area contributed by atoms with Crippen molar-refractivity contribution >= 4 is 37.2 Å². The van der Waals surface area contributed by atoms with Crippen molar-refractivity contribution in [2.75, 3.05) is 11.5 Å². The van der Waals surface area contributed by atoms with Crippen LogP contribution in [0.2, 0.25) is 0 Å². The molecule has 0 aromatic heterocycles. The van der Waals surface area contributed by atoms with Gasteiger partial charge in [0.25, 0.3) is 0 Å². The Labute approximate surface area is 120 Å². The molecule has 0 aliphatic rings. The van der Waals surface area contributed by atoms with E-state index in [-0.39, 0.29) is 11.9 Å². The summed E-state index contributed by atoms with van der Waals surface area (Å²) in [7, 11) is 0. The van der Waals surface area contributed by atoms with Crippen LogP contribution >= 0.6 is 25.3 Å². The predicted octanol–water partition coefficient (Wildman–Crippen LogP) is 2.62. The molecule has 0 aliphatic carbocycles. The second-order valence-electron chi connectivity index (χ2n) is 3.85. The first kappa shape index (κ1) is 17.6. The van der Waals surface area contributed by atoms with E-state index < -0.39 is 6.29 Å². The third-order valence-electron chi connectivity index (χ3n) is 2.13. The standard InChI is InChI=1S/C12H22O4S2/c1-2-5-12(15-10(13)6-3-8-17)16-11(14)7-4-9-18/h12,17-18H,2-9H2,1H3. The highest BCUT2D eigenvalue weighted by molar-refractivity contribution is 7.80. The maximum atomic E-state index is 11.4. The summed E-state index contributed by atoms with van der Waals surface area (Å²) in [5, 5.41) is 0. The number of esters is 2. The number of ether oxygens (including phenoxy) is 2. The van der Waals surface area contributed by atoms with E-state index in [4.69, 9.17) is 9.47 Å². The van der Waals surface area contributed by atoms with Crippen LogP contribution in [0.15, 0.2) is 0 Å². The molecule has 0 N–H and O–H groups in total. The van der Waals surface area contributed by atoms with E-state index in [9.17, 15) is 9.59 Å². The molecule has 0 amide bonds. The zero-order chi connectivity index (χ0) is 13.8. The van der Waals surface area contributed by atoms with Gasteiger partial charge in [0.05, 0.1) is 0 Å². The number of hydrogen-bond acceptors (Lipinski definition) is 6. The Hall–Kier alpha value is -0.360. The molecule has 0 rings (SSSR count). The molecule has 0 heterocycles. The fourth-order valence-electron chi connectivity index (χ4n) is 1.24. The number of thiol groups is 2. The lowest BCUT2D eigenvalue weighted by molar-refractivity contribution is -0.189. The fraction of sp³-hybridized carbons (Fsp3) is 0.833. The van der Waals surface area contributed by atoms with E-state index in [1.807, 2.05) is 6.92 Å². The van der Waals surface area contributed by atoms with Crippen molar-refractivity contribution in [3.63, 3.8) is 0 Å². The van der Waals surface area contributed by atoms with Gasteiger partial charge in [-0.25, -0.2) is 0 Å². The molecule has 0 radical (unpaired) electrons. The largest absolute Gasteiger partial charge is 0.425 e. The summed E-state index contributed by atoms with van der Waals surface area (Å²) in [6.07, 6.45) is 2.48. The van der Waals surface area contributed by atoms with E-state index in [1.54, 1.807) is 0 Å². The fourth-order valence-corrected chi connectivity index (χ4v) is 1.55. The van der Waals surface area contributed by atoms with Gasteiger partial charge in [-0.15, -0.1) is 0 Å². The lowest BCUT2D eigenvalue weighted by Gasteiger charge is -2.17. The monoisotopic (exact) mass is 294 g/mol. The van der Waals surface area contributed by atoms with Crippen molar-refractivity contribution in [2.24, 2.45) is 0 Å². The molecule has 0 unspecified atom stereocenters. The number of carbonyl (C=O) groups excluding carboxylic acids is 2. The van der Waals surface area contributed by atoms with Gasteiger partial charge in [0, 0.05) is 19.3 Å². The van der Waals surface area contributed by atoms with Crippen LogP contribution in [-0.2, 0) is 19.1 Å². The van der Waals surface area contributed by atoms with Crippen LogP contribution in [0.5, 0.6) is 0 Å². The Morgan fingerprint density at radius 3 is 1.78 bits per heavy atom. The van der Waals surface area contributed by atoms with Crippen LogP contribution in [0.4, 0.5) is 0 Å². The third-order valence-corrected chi connectivity index (χ3v) is 2.76. The minimum absolute atomic E-state index is 0.303. The molecule has 0 spiro atoms. The molecule has 4 nitrogen and oxygen atoms in total. The average molecular weight is 294 g/mol. The van der Waals surface area contributed by atoms with E-state index in [0.29, 0.717) is 43.6 Å². The van der Waals surface area contributed by atoms with Crippen LogP contribution in [0.1, 0.15) is 45.4 Å². The Morgan fingerprint density at radius 2 is 1.44 bits per heavy atom. The SMILES string of the molecule is CCCC(OC(=O)CCCS)OC(=O)CCCS. The zero-order valence-electron chi connectivity index (χ0n) is 10.8. The minimum atomic E-state index is -0.755. The maximum Gasteiger partial charge on any atom is 0.308 e. The quantitative estimate of drug-likeness (QED) is 0.369. The Morgan fingerprint density at radius 1 is 1.00 bits per heavy atom. The van der Waals surface area contributed by atoms with Gasteiger partial charge in [0.15, 0.2) is 0 Å². The van der Waals surface area contributed by atoms with Gasteiger partial charge < -0.3 is 9.47 Å². The van der Waals surface area contributed by atoms with Gasteiger partial charge in [0.1, 0.15) is 0 Å². The molecule has 0 atom stereocenters. The smallest absolute Gasteiger partial charge is 0.308 e. The first-order valence-electron chi connectivity index (χ1n) is 6.24. The highest BCUT2D eigenvalue weighted by Gasteiger charge is 2.17. The third kappa shape index (κ3) is 9.65. The summed E-state index contributed by atoms with van der Waals surface area (Å²) in [5.74, 6) is 0.582. The summed E-state index contributed by atoms with van der Waals surface area (Å²) in [5.41, 5.74) is 0. The minimum Gasteiger partial charge on any atom is -0.425 e. The van der Waals surface area contributed by atoms with Crippen LogP contribution in [0, 0.1) is 0 Å². The number of hydrogen-bond donors (Lipinski definition) is 2. The Bertz CT molecular complexity index is 224. The zero-order valence-corrected chi connectivity index (χ0v) is 12.6. The van der Waals surface area contributed by atoms with Crippen molar-refractivity contribution in [3.05, 3.63) is 0 Å². The number of rotatable bonds is 10. The van der Waals surface area contributed by atoms with Gasteiger partial charge >= 0.3 is 11.9 Å². The number of carbonyl (C=O) groups is 2. The molecule has 0 fully saturated rings. The van der Waals surface area contributed by atoms with Crippen LogP contribution in [0.3, 0.4) is 0 Å². The summed E-state index contributed by atoms with van der Waals surface area (Å²) < 4.78 is 10.2. The molecular formula is C12H22O4S2. The van der Waals surface area contributed by atoms with Crippen molar-refractivity contribution in [1.82, 2.24) is 0 Å². The normalized spacial score (nSPS) is 10.4. The van der Waals surface area contributed by atoms with Gasteiger partial charge in [-0.05, 0) is 30.8 Å². The second-order valence-corrected chi connectivity index (χ2v) is 4.75. The van der Waals surface area contributed by atoms with E-state index in [1.165, 1.54) is 0 Å². The molecule has 0 saturated heterocycles. The second kappa shape index (κ2) is 11.7. The van der Waals surface area contributed by atoms with Crippen LogP contribution < -0.4 is 0 Å². The van der Waals surface area contributed by atoms with Gasteiger partial charge in [0.2, 0.25) is 6.29 Å². The lowest BCUT2D eigenvalue weighted by Crippen LogP contribution is -2.24. The lowest BCUT2D eigenvalue weighted by atomic mass is 10.3. The first-order chi connectivity index (χ1) is 8.63. The molecule has 0 aliphatic heterocycles. The van der Waals surface area contributed by atoms with Gasteiger partial charge in [-0.3, -0.25) is 9.59 Å². The predicted molar refractivity (Wildman–Crippen MR) is 77.1 cm³/mol. The topological polar surface area (TPSA) is 52.6 Å². The van der Waals surface area contributed by atoms with Gasteiger partial charge in [-0.1, -0.05) is 6.92 Å². The molecule has 18 heavy (non-hydrogen) atoms. The maximum absolute atomic E-state index is 11.4. The first-order valence-corrected chi connectivity index (χ1v) is 7.51. The molecule has 6 heteroatoms. The van der Waals surface area contributed by atoms with E-state index in [2.05, 4.69) is 25.3 Å². The average Bonchev–Trinajstić information content (AvgIpc) is 2.34. The highest BCUT2D eigenvalue weighted by Crippen LogP contribution is 2.09. The van der Waals surface area contributed by atoms with Crippen molar-refractivity contribution in [3.8, 4) is 0 Å². The Balaban J connectivity index is 4.04. The molecular weight excluding hydrogens is 272 g/mol. The van der Waals surface area contributed by atoms with Crippen LogP contribution in [-0.4, -0.2) is 29.7 Å². The van der Waals surface area contributed by atoms with Crippen LogP contribution in [0.25, 0.3) is 0 Å². The van der Waals surface area contributed by atoms with E-state index >= 15 is 0 Å². The summed E-state index contributed by atoms with van der Waals surface area (Å²) in [6, 6.07) is 0. The molecule has 0 saturated carbocycles. The molecule has 0 bridgehead atoms. The molecule has 0 aromatic rings. The van der Waals surface area contributed by atoms with Crippen molar-refractivity contribution < 1.29 is 19.1 Å². The molecule has 106 valence electrons. The molecule has 0 aromatic carbocycles. The highest BCUT2D eigenvalue weighted by atomic mass is 32.1. The van der Waals surface area contributed by atoms with Crippen molar-refractivity contribution in [2.45, 2.75) is 51.7 Å². The van der Waals surface area contributed by atoms with Gasteiger partial charge in [-0.2, -0.15) is 25.3 Å². The summed E-state index contributed by atoms with van der Waals surface area (Å²) in [6.45, 7) is 1.94. The van der Waals surface area contributed by atoms with E-state index in [0.717, 1.165) is 6.42 Å². The summed E-state index contributed by atoms with van der Waals surface area (Å²) >= 11 is 8.04. The summed E-state index contributed by atoms with van der Waals surface area (Å²) in [4.78, 5) is 22.8.